The van der Waals surface area contributed by atoms with Crippen LogP contribution in [0.3, 0.4) is 0 Å². The lowest BCUT2D eigenvalue weighted by Crippen LogP contribution is -2.53. The monoisotopic (exact) mass is 484 g/mol. The number of hydrogen-bond acceptors (Lipinski definition) is 7. The van der Waals surface area contributed by atoms with Crippen molar-refractivity contribution < 1.29 is 14.3 Å². The van der Waals surface area contributed by atoms with Crippen LogP contribution in [0.2, 0.25) is 5.02 Å². The molecule has 3 heterocycles. The number of esters is 1. The summed E-state index contributed by atoms with van der Waals surface area (Å²) in [5.74, 6) is -1.32. The molecule has 0 aliphatic carbocycles. The van der Waals surface area contributed by atoms with Crippen LogP contribution in [0.4, 0.5) is 5.82 Å². The number of amides is 1. The maximum Gasteiger partial charge on any atom is 0.320 e. The number of halogens is 1. The number of nitrogens with one attached hydrogen (secondary N) is 1. The van der Waals surface area contributed by atoms with Gasteiger partial charge in [-0.15, -0.1) is 0 Å². The predicted molar refractivity (Wildman–Crippen MR) is 130 cm³/mol. The fraction of sp³-hybridized carbons (Fsp3) is 0.417. The number of nitrogens with two attached hydrogens (primary N) is 1. The van der Waals surface area contributed by atoms with Gasteiger partial charge in [-0.1, -0.05) is 23.7 Å². The highest BCUT2D eigenvalue weighted by molar-refractivity contribution is 6.30. The second kappa shape index (κ2) is 9.60. The van der Waals surface area contributed by atoms with E-state index in [4.69, 9.17) is 22.1 Å². The van der Waals surface area contributed by atoms with Crippen LogP contribution in [0.25, 0.3) is 11.0 Å². The zero-order valence-electron chi connectivity index (χ0n) is 19.5. The summed E-state index contributed by atoms with van der Waals surface area (Å²) in [5, 5.41) is 1.48. The number of piperazine rings is 1. The maximum absolute atomic E-state index is 13.6. The minimum Gasteiger partial charge on any atom is -0.459 e. The second-order valence-electron chi connectivity index (χ2n) is 9.34. The third kappa shape index (κ3) is 5.15. The van der Waals surface area contributed by atoms with Crippen LogP contribution >= 0.6 is 11.6 Å². The van der Waals surface area contributed by atoms with E-state index in [0.29, 0.717) is 36.8 Å². The van der Waals surface area contributed by atoms with Crippen molar-refractivity contribution in [2.24, 2.45) is 11.7 Å². The molecule has 1 saturated heterocycles. The zero-order chi connectivity index (χ0) is 24.5. The van der Waals surface area contributed by atoms with Gasteiger partial charge in [-0.25, -0.2) is 9.97 Å². The molecule has 34 heavy (non-hydrogen) atoms. The summed E-state index contributed by atoms with van der Waals surface area (Å²) in [6.45, 7) is 7.30. The van der Waals surface area contributed by atoms with E-state index in [2.05, 4.69) is 19.9 Å². The molecule has 2 aromatic heterocycles. The average molecular weight is 485 g/mol. The van der Waals surface area contributed by atoms with Crippen molar-refractivity contribution >= 4 is 40.3 Å². The molecular formula is C24H29ClN6O3. The molecule has 9 nitrogen and oxygen atoms in total. The molecule has 3 N–H and O–H groups in total. The zero-order valence-corrected chi connectivity index (χ0v) is 20.2. The molecule has 0 spiro atoms. The number of carbonyl (C=O) groups excluding carboxylic acids is 2. The number of hydrogen-bond donors (Lipinski definition) is 2. The average Bonchev–Trinajstić information content (AvgIpc) is 3.27. The Balaban J connectivity index is 1.52. The fourth-order valence-corrected chi connectivity index (χ4v) is 4.22. The lowest BCUT2D eigenvalue weighted by atomic mass is 9.92. The van der Waals surface area contributed by atoms with E-state index in [1.54, 1.807) is 49.9 Å². The molecule has 1 unspecified atom stereocenters. The first-order chi connectivity index (χ1) is 16.1. The van der Waals surface area contributed by atoms with Gasteiger partial charge in [0, 0.05) is 37.4 Å². The van der Waals surface area contributed by atoms with Crippen LogP contribution < -0.4 is 10.6 Å². The molecule has 1 aromatic carbocycles. The van der Waals surface area contributed by atoms with Crippen molar-refractivity contribution in [1.82, 2.24) is 19.9 Å². The first-order valence-corrected chi connectivity index (χ1v) is 11.6. The van der Waals surface area contributed by atoms with Crippen molar-refractivity contribution in [2.45, 2.75) is 32.4 Å². The minimum atomic E-state index is -1.16. The number of carbonyl (C=O) groups is 2. The Labute approximate surface area is 203 Å². The summed E-state index contributed by atoms with van der Waals surface area (Å²) in [7, 11) is 0. The van der Waals surface area contributed by atoms with E-state index in [0.717, 1.165) is 16.9 Å². The number of fused-ring (bicyclic) bond motifs is 1. The lowest BCUT2D eigenvalue weighted by Gasteiger charge is -2.38. The number of anilines is 1. The van der Waals surface area contributed by atoms with Gasteiger partial charge < -0.3 is 25.3 Å². The number of aromatic nitrogens is 3. The Morgan fingerprint density at radius 2 is 1.76 bits per heavy atom. The summed E-state index contributed by atoms with van der Waals surface area (Å²) in [4.78, 5) is 42.3. The Bertz CT molecular complexity index is 1170. The molecular weight excluding hydrogens is 456 g/mol. The smallest absolute Gasteiger partial charge is 0.320 e. The van der Waals surface area contributed by atoms with Crippen molar-refractivity contribution in [1.29, 1.82) is 0 Å². The normalized spacial score (nSPS) is 16.4. The lowest BCUT2D eigenvalue weighted by molar-refractivity contribution is -0.166. The van der Waals surface area contributed by atoms with Crippen LogP contribution in [-0.2, 0) is 14.3 Å². The van der Waals surface area contributed by atoms with Gasteiger partial charge in [-0.3, -0.25) is 9.59 Å². The highest BCUT2D eigenvalue weighted by Gasteiger charge is 2.40. The van der Waals surface area contributed by atoms with Gasteiger partial charge in [0.2, 0.25) is 5.91 Å². The molecule has 4 rings (SSSR count). The highest BCUT2D eigenvalue weighted by Crippen LogP contribution is 2.28. The molecule has 1 aliphatic rings. The Morgan fingerprint density at radius 3 is 2.41 bits per heavy atom. The van der Waals surface area contributed by atoms with E-state index in [9.17, 15) is 9.59 Å². The first kappa shape index (κ1) is 24.0. The molecule has 3 aromatic rings. The van der Waals surface area contributed by atoms with Gasteiger partial charge >= 0.3 is 5.97 Å². The van der Waals surface area contributed by atoms with Crippen LogP contribution in [0, 0.1) is 5.92 Å². The number of benzene rings is 1. The number of aromatic amines is 1. The summed E-state index contributed by atoms with van der Waals surface area (Å²) >= 11 is 6.00. The predicted octanol–water partition coefficient (Wildman–Crippen LogP) is 2.92. The van der Waals surface area contributed by atoms with Crippen LogP contribution in [0.15, 0.2) is 42.9 Å². The Kier molecular flexibility index (Phi) is 6.77. The van der Waals surface area contributed by atoms with Crippen LogP contribution in [0.5, 0.6) is 0 Å². The Morgan fingerprint density at radius 1 is 1.09 bits per heavy atom. The summed E-state index contributed by atoms with van der Waals surface area (Å²) in [5.41, 5.74) is 7.12. The van der Waals surface area contributed by atoms with E-state index < -0.39 is 23.5 Å². The summed E-state index contributed by atoms with van der Waals surface area (Å²) in [6, 6.07) is 7.91. The summed E-state index contributed by atoms with van der Waals surface area (Å²) < 4.78 is 5.58. The highest BCUT2D eigenvalue weighted by atomic mass is 35.5. The molecule has 1 aliphatic heterocycles. The van der Waals surface area contributed by atoms with E-state index in [-0.39, 0.29) is 5.91 Å². The number of nitrogens with zero attached hydrogens (tertiary/aromatic N) is 4. The molecule has 180 valence electrons. The third-order valence-corrected chi connectivity index (χ3v) is 6.02. The van der Waals surface area contributed by atoms with Gasteiger partial charge in [-0.2, -0.15) is 0 Å². The SMILES string of the molecule is CC(C)(C)OC(=O)[C@@H](C(=O)N1CCN(c2ncnc3[nH]ccc23)CC1)C(N)c1ccc(Cl)cc1. The summed E-state index contributed by atoms with van der Waals surface area (Å²) in [6.07, 6.45) is 3.35. The molecule has 1 amide bonds. The number of H-pyrrole nitrogens is 1. The standard InChI is InChI=1S/C24H29ClN6O3/c1-24(2,3)34-23(33)18(19(26)15-4-6-16(25)7-5-15)22(32)31-12-10-30(11-13-31)21-17-8-9-27-20(17)28-14-29-21/h4-9,14,18-19H,10-13,26H2,1-3H3,(H,27,28,29)/t18-,19?/m1/s1. The van der Waals surface area contributed by atoms with Gasteiger partial charge in [0.05, 0.1) is 11.4 Å². The molecule has 2 atom stereocenters. The van der Waals surface area contributed by atoms with E-state index >= 15 is 0 Å². The number of ether oxygens (including phenoxy) is 1. The third-order valence-electron chi connectivity index (χ3n) is 5.76. The largest absolute Gasteiger partial charge is 0.459 e. The van der Waals surface area contributed by atoms with Crippen molar-refractivity contribution in [3.8, 4) is 0 Å². The van der Waals surface area contributed by atoms with E-state index in [1.807, 2.05) is 12.3 Å². The molecule has 0 saturated carbocycles. The molecule has 0 radical (unpaired) electrons. The molecule has 0 bridgehead atoms. The molecule has 10 heteroatoms. The van der Waals surface area contributed by atoms with Gasteiger partial charge in [0.15, 0.2) is 5.92 Å². The van der Waals surface area contributed by atoms with Gasteiger partial charge in [0.1, 0.15) is 23.4 Å². The van der Waals surface area contributed by atoms with Gasteiger partial charge in [0.25, 0.3) is 0 Å². The fourth-order valence-electron chi connectivity index (χ4n) is 4.09. The van der Waals surface area contributed by atoms with Crippen molar-refractivity contribution in [3.63, 3.8) is 0 Å². The molecule has 1 fully saturated rings. The number of rotatable bonds is 5. The maximum atomic E-state index is 13.6. The first-order valence-electron chi connectivity index (χ1n) is 11.2. The van der Waals surface area contributed by atoms with Crippen LogP contribution in [-0.4, -0.2) is 63.5 Å². The van der Waals surface area contributed by atoms with Gasteiger partial charge in [-0.05, 0) is 44.5 Å². The Hall–Kier alpha value is -3.17. The second-order valence-corrected chi connectivity index (χ2v) is 9.77. The topological polar surface area (TPSA) is 117 Å². The van der Waals surface area contributed by atoms with Crippen LogP contribution in [0.1, 0.15) is 32.4 Å². The minimum absolute atomic E-state index is 0.342. The van der Waals surface area contributed by atoms with Crippen molar-refractivity contribution in [3.05, 3.63) is 53.4 Å². The van der Waals surface area contributed by atoms with Crippen molar-refractivity contribution in [2.75, 3.05) is 31.1 Å². The quantitative estimate of drug-likeness (QED) is 0.422. The van der Waals surface area contributed by atoms with E-state index in [1.165, 1.54) is 6.33 Å².